The molecule has 1 saturated heterocycles. The van der Waals surface area contributed by atoms with Crippen LogP contribution in [0.4, 0.5) is 5.69 Å². The topological polar surface area (TPSA) is 48.9 Å². The van der Waals surface area contributed by atoms with Crippen LogP contribution in [-0.4, -0.2) is 45.4 Å². The quantitative estimate of drug-likeness (QED) is 0.258. The van der Waals surface area contributed by atoms with Crippen molar-refractivity contribution in [3.8, 4) is 0 Å². The number of halogens is 1. The molecule has 0 saturated carbocycles. The Morgan fingerprint density at radius 2 is 1.89 bits per heavy atom. The predicted octanol–water partition coefficient (Wildman–Crippen LogP) is 4.09. The lowest BCUT2D eigenvalue weighted by Gasteiger charge is -2.28. The Balaban J connectivity index is 0.00000280. The summed E-state index contributed by atoms with van der Waals surface area (Å²) in [5.41, 5.74) is 4.11. The van der Waals surface area contributed by atoms with Gasteiger partial charge in [0, 0.05) is 31.9 Å². The highest BCUT2D eigenvalue weighted by atomic mass is 127. The van der Waals surface area contributed by atoms with E-state index in [0.717, 1.165) is 51.8 Å². The number of nitrogens with zero attached hydrogens (tertiary/aromatic N) is 2. The molecule has 0 atom stereocenters. The first-order valence-corrected chi connectivity index (χ1v) is 10.5. The zero-order valence-electron chi connectivity index (χ0n) is 17.1. The predicted molar refractivity (Wildman–Crippen MR) is 129 cm³/mol. The number of rotatable bonds is 7. The molecule has 1 aromatic rings. The highest BCUT2D eigenvalue weighted by molar-refractivity contribution is 14.0. The molecule has 2 N–H and O–H groups in total. The number of benzene rings is 1. The average Bonchev–Trinajstić information content (AvgIpc) is 2.74. The van der Waals surface area contributed by atoms with Crippen molar-refractivity contribution in [3.05, 3.63) is 41.5 Å². The molecule has 5 nitrogen and oxygen atoms in total. The zero-order valence-corrected chi connectivity index (χ0v) is 19.4. The number of guanidine groups is 1. The molecule has 3 rings (SSSR count). The van der Waals surface area contributed by atoms with Gasteiger partial charge in [-0.05, 0) is 56.7 Å². The molecule has 0 spiro atoms. The maximum Gasteiger partial charge on any atom is 0.191 e. The maximum atomic E-state index is 5.43. The van der Waals surface area contributed by atoms with Gasteiger partial charge in [0.2, 0.25) is 0 Å². The molecule has 1 aliphatic carbocycles. The lowest BCUT2D eigenvalue weighted by atomic mass is 9.97. The van der Waals surface area contributed by atoms with E-state index in [4.69, 9.17) is 9.73 Å². The normalized spacial score (nSPS) is 17.5. The fourth-order valence-electron chi connectivity index (χ4n) is 3.62. The molecule has 0 unspecified atom stereocenters. The van der Waals surface area contributed by atoms with Gasteiger partial charge < -0.3 is 20.3 Å². The van der Waals surface area contributed by atoms with Crippen molar-refractivity contribution in [1.29, 1.82) is 0 Å². The number of ether oxygens (including phenoxy) is 1. The molecule has 1 aromatic carbocycles. The van der Waals surface area contributed by atoms with Gasteiger partial charge in [0.15, 0.2) is 5.96 Å². The molecular formula is C22H35IN4O. The number of hydrogen-bond donors (Lipinski definition) is 2. The lowest BCUT2D eigenvalue weighted by molar-refractivity contribution is 0.122. The molecule has 0 amide bonds. The Bertz CT molecular complexity index is 624. The van der Waals surface area contributed by atoms with E-state index in [1.165, 1.54) is 36.9 Å². The summed E-state index contributed by atoms with van der Waals surface area (Å²) in [6.07, 6.45) is 8.77. The van der Waals surface area contributed by atoms with Gasteiger partial charge in [-0.15, -0.1) is 24.0 Å². The zero-order chi connectivity index (χ0) is 18.7. The van der Waals surface area contributed by atoms with E-state index in [0.29, 0.717) is 6.54 Å². The summed E-state index contributed by atoms with van der Waals surface area (Å²) in [5, 5.41) is 6.83. The minimum atomic E-state index is 0. The summed E-state index contributed by atoms with van der Waals surface area (Å²) in [6.45, 7) is 8.23. The fraction of sp³-hybridized carbons (Fsp3) is 0.591. The van der Waals surface area contributed by atoms with Crippen LogP contribution in [0.3, 0.4) is 0 Å². The lowest BCUT2D eigenvalue weighted by Crippen LogP contribution is -2.37. The van der Waals surface area contributed by atoms with Crippen LogP contribution in [-0.2, 0) is 11.3 Å². The largest absolute Gasteiger partial charge is 0.378 e. The van der Waals surface area contributed by atoms with E-state index in [1.54, 1.807) is 5.57 Å². The number of nitrogens with one attached hydrogen (secondary N) is 2. The summed E-state index contributed by atoms with van der Waals surface area (Å²) < 4.78 is 5.43. The monoisotopic (exact) mass is 498 g/mol. The van der Waals surface area contributed by atoms with Gasteiger partial charge in [0.25, 0.3) is 0 Å². The first-order valence-electron chi connectivity index (χ1n) is 10.5. The van der Waals surface area contributed by atoms with E-state index in [-0.39, 0.29) is 24.0 Å². The Kier molecular flexibility index (Phi) is 10.7. The second-order valence-electron chi connectivity index (χ2n) is 7.25. The van der Waals surface area contributed by atoms with E-state index >= 15 is 0 Å². The fourth-order valence-corrected chi connectivity index (χ4v) is 3.62. The summed E-state index contributed by atoms with van der Waals surface area (Å²) in [6, 6.07) is 8.77. The van der Waals surface area contributed by atoms with E-state index < -0.39 is 0 Å². The standard InChI is InChI=1S/C22H34N4O.HI/c1-2-23-22(24-13-12-19-6-4-3-5-7-19)25-18-20-8-10-21(11-9-20)26-14-16-27-17-15-26;/h6,8-11H,2-5,7,12-18H2,1H3,(H2,23,24,25);1H. The Labute approximate surface area is 187 Å². The smallest absolute Gasteiger partial charge is 0.191 e. The third-order valence-corrected chi connectivity index (χ3v) is 5.20. The molecule has 1 heterocycles. The van der Waals surface area contributed by atoms with Crippen LogP contribution in [0.25, 0.3) is 0 Å². The molecule has 6 heteroatoms. The summed E-state index contributed by atoms with van der Waals surface area (Å²) in [5.74, 6) is 0.908. The van der Waals surface area contributed by atoms with Crippen molar-refractivity contribution < 1.29 is 4.74 Å². The first-order chi connectivity index (χ1) is 13.3. The third kappa shape index (κ3) is 7.62. The third-order valence-electron chi connectivity index (χ3n) is 5.20. The Morgan fingerprint density at radius 3 is 2.57 bits per heavy atom. The minimum absolute atomic E-state index is 0. The highest BCUT2D eigenvalue weighted by Gasteiger charge is 2.10. The van der Waals surface area contributed by atoms with Crippen LogP contribution in [0, 0.1) is 0 Å². The number of allylic oxidation sites excluding steroid dienone is 1. The number of morpholine rings is 1. The van der Waals surface area contributed by atoms with Crippen molar-refractivity contribution in [2.24, 2.45) is 4.99 Å². The van der Waals surface area contributed by atoms with E-state index in [9.17, 15) is 0 Å². The SMILES string of the molecule is CCNC(=NCc1ccc(N2CCOCC2)cc1)NCCC1=CCCCC1.I. The Morgan fingerprint density at radius 1 is 1.11 bits per heavy atom. The second kappa shape index (κ2) is 13.0. The van der Waals surface area contributed by atoms with Crippen molar-refractivity contribution in [2.45, 2.75) is 45.6 Å². The van der Waals surface area contributed by atoms with Gasteiger partial charge in [-0.3, -0.25) is 0 Å². The van der Waals surface area contributed by atoms with Crippen LogP contribution < -0.4 is 15.5 Å². The molecule has 0 aromatic heterocycles. The molecule has 156 valence electrons. The summed E-state index contributed by atoms with van der Waals surface area (Å²) in [7, 11) is 0. The van der Waals surface area contributed by atoms with Crippen molar-refractivity contribution in [3.63, 3.8) is 0 Å². The second-order valence-corrected chi connectivity index (χ2v) is 7.25. The molecule has 0 radical (unpaired) electrons. The maximum absolute atomic E-state index is 5.43. The van der Waals surface area contributed by atoms with Gasteiger partial charge in [-0.2, -0.15) is 0 Å². The van der Waals surface area contributed by atoms with Crippen LogP contribution in [0.1, 0.15) is 44.6 Å². The van der Waals surface area contributed by atoms with Crippen molar-refractivity contribution in [2.75, 3.05) is 44.3 Å². The Hall–Kier alpha value is -1.28. The summed E-state index contributed by atoms with van der Waals surface area (Å²) in [4.78, 5) is 7.13. The molecule has 2 aliphatic rings. The highest BCUT2D eigenvalue weighted by Crippen LogP contribution is 2.19. The molecular weight excluding hydrogens is 463 g/mol. The number of anilines is 1. The van der Waals surface area contributed by atoms with Crippen LogP contribution >= 0.6 is 24.0 Å². The average molecular weight is 498 g/mol. The van der Waals surface area contributed by atoms with E-state index in [1.807, 2.05) is 0 Å². The van der Waals surface area contributed by atoms with Crippen LogP contribution in [0.5, 0.6) is 0 Å². The van der Waals surface area contributed by atoms with Crippen LogP contribution in [0.15, 0.2) is 40.9 Å². The molecule has 0 bridgehead atoms. The first kappa shape index (κ1) is 23.0. The van der Waals surface area contributed by atoms with Crippen LogP contribution in [0.2, 0.25) is 0 Å². The van der Waals surface area contributed by atoms with E-state index in [2.05, 4.69) is 52.8 Å². The van der Waals surface area contributed by atoms with Crippen molar-refractivity contribution in [1.82, 2.24) is 10.6 Å². The van der Waals surface area contributed by atoms with Gasteiger partial charge >= 0.3 is 0 Å². The molecule has 1 fully saturated rings. The van der Waals surface area contributed by atoms with Crippen molar-refractivity contribution >= 4 is 35.6 Å². The summed E-state index contributed by atoms with van der Waals surface area (Å²) >= 11 is 0. The molecule has 28 heavy (non-hydrogen) atoms. The van der Waals surface area contributed by atoms with Gasteiger partial charge in [-0.25, -0.2) is 4.99 Å². The number of hydrogen-bond acceptors (Lipinski definition) is 3. The minimum Gasteiger partial charge on any atom is -0.378 e. The molecule has 1 aliphatic heterocycles. The van der Waals surface area contributed by atoms with Gasteiger partial charge in [0.1, 0.15) is 0 Å². The van der Waals surface area contributed by atoms with Gasteiger partial charge in [0.05, 0.1) is 19.8 Å². The van der Waals surface area contributed by atoms with Gasteiger partial charge in [-0.1, -0.05) is 23.8 Å². The number of aliphatic imine (C=N–C) groups is 1.